The topological polar surface area (TPSA) is 40.5 Å². The smallest absolute Gasteiger partial charge is 0.126 e. The van der Waals surface area contributed by atoms with E-state index < -0.39 is 10.3 Å². The molecule has 5 heteroatoms. The molecule has 0 saturated carbocycles. The highest BCUT2D eigenvalue weighted by molar-refractivity contribution is 8.07. The summed E-state index contributed by atoms with van der Waals surface area (Å²) in [6.07, 6.45) is 1.29. The molecule has 1 heterocycles. The number of alkyl halides is 1. The number of thioether (sulfide) groups is 1. The van der Waals surface area contributed by atoms with Gasteiger partial charge in [-0.05, 0) is 6.42 Å². The molecule has 0 fully saturated rings. The van der Waals surface area contributed by atoms with Crippen molar-refractivity contribution < 1.29 is 10.2 Å². The maximum atomic E-state index is 9.24. The van der Waals surface area contributed by atoms with Crippen LogP contribution in [-0.2, 0) is 0 Å². The fourth-order valence-corrected chi connectivity index (χ4v) is 2.68. The van der Waals surface area contributed by atoms with E-state index in [2.05, 4.69) is 0 Å². The molecular weight excluding hydrogens is 207 g/mol. The Morgan fingerprint density at radius 2 is 2.45 bits per heavy atom. The number of aliphatic hydroxyl groups is 2. The summed E-state index contributed by atoms with van der Waals surface area (Å²) in [4.78, 5) is 0. The molecule has 0 bridgehead atoms. The molecule has 2 nitrogen and oxygen atoms in total. The summed E-state index contributed by atoms with van der Waals surface area (Å²) in [5, 5.41) is 17.9. The van der Waals surface area contributed by atoms with Gasteiger partial charge in [0.25, 0.3) is 0 Å². The second-order valence-electron chi connectivity index (χ2n) is 2.30. The molecule has 64 valence electrons. The summed E-state index contributed by atoms with van der Waals surface area (Å²) in [6, 6.07) is 0. The van der Waals surface area contributed by atoms with Crippen molar-refractivity contribution in [3.63, 3.8) is 0 Å². The highest BCUT2D eigenvalue weighted by atomic mass is 35.5. The Morgan fingerprint density at radius 1 is 1.82 bits per heavy atom. The van der Waals surface area contributed by atoms with Crippen LogP contribution in [0.2, 0.25) is 0 Å². The zero-order chi connectivity index (χ0) is 8.48. The Morgan fingerprint density at radius 3 is 2.82 bits per heavy atom. The highest BCUT2D eigenvalue weighted by Crippen LogP contribution is 2.48. The molecule has 1 rings (SSSR count). The van der Waals surface area contributed by atoms with Gasteiger partial charge in [-0.2, -0.15) is 0 Å². The summed E-state index contributed by atoms with van der Waals surface area (Å²) in [7, 11) is 0. The zero-order valence-electron chi connectivity index (χ0n) is 5.63. The van der Waals surface area contributed by atoms with Crippen LogP contribution in [0.1, 0.15) is 6.42 Å². The summed E-state index contributed by atoms with van der Waals surface area (Å²) in [6.45, 7) is -0.339. The number of hydrogen-bond donors (Lipinski definition) is 2. The Hall–Kier alpha value is 0.590. The Kier molecular flexibility index (Phi) is 3.11. The third-order valence-corrected chi connectivity index (χ3v) is 3.64. The van der Waals surface area contributed by atoms with Crippen molar-refractivity contribution in [1.29, 1.82) is 0 Å². The zero-order valence-corrected chi connectivity index (χ0v) is 7.96. The first-order valence-corrected chi connectivity index (χ1v) is 4.68. The third-order valence-electron chi connectivity index (χ3n) is 1.48. The molecule has 0 radical (unpaired) electrons. The van der Waals surface area contributed by atoms with E-state index in [9.17, 15) is 5.11 Å². The van der Waals surface area contributed by atoms with Crippen LogP contribution in [0.25, 0.3) is 0 Å². The molecule has 11 heavy (non-hydrogen) atoms. The average molecular weight is 215 g/mol. The van der Waals surface area contributed by atoms with Gasteiger partial charge in [0, 0.05) is 0 Å². The van der Waals surface area contributed by atoms with Crippen molar-refractivity contribution in [1.82, 2.24) is 0 Å². The van der Waals surface area contributed by atoms with Crippen LogP contribution in [0, 0.1) is 0 Å². The molecule has 0 amide bonds. The first kappa shape index (κ1) is 9.68. The minimum absolute atomic E-state index is 0.339. The van der Waals surface area contributed by atoms with Gasteiger partial charge in [-0.25, -0.2) is 0 Å². The van der Waals surface area contributed by atoms with Gasteiger partial charge in [0.15, 0.2) is 0 Å². The van der Waals surface area contributed by atoms with Crippen LogP contribution in [0.3, 0.4) is 0 Å². The minimum Gasteiger partial charge on any atom is -0.394 e. The van der Waals surface area contributed by atoms with E-state index in [1.807, 2.05) is 0 Å². The largest absolute Gasteiger partial charge is 0.394 e. The molecule has 1 aliphatic heterocycles. The maximum absolute atomic E-state index is 9.24. The molecule has 0 saturated heterocycles. The monoisotopic (exact) mass is 214 g/mol. The lowest BCUT2D eigenvalue weighted by atomic mass is 10.2. The molecule has 0 aromatic carbocycles. The Labute approximate surface area is 79.2 Å². The number of halogens is 2. The predicted octanol–water partition coefficient (Wildman–Crippen LogP) is 1.49. The van der Waals surface area contributed by atoms with Crippen LogP contribution >= 0.6 is 35.0 Å². The van der Waals surface area contributed by atoms with E-state index in [4.69, 9.17) is 28.3 Å². The third kappa shape index (κ3) is 2.04. The molecule has 0 aliphatic carbocycles. The van der Waals surface area contributed by atoms with Gasteiger partial charge >= 0.3 is 0 Å². The van der Waals surface area contributed by atoms with E-state index in [0.29, 0.717) is 10.8 Å². The second kappa shape index (κ2) is 3.54. The van der Waals surface area contributed by atoms with Crippen molar-refractivity contribution in [3.05, 3.63) is 10.4 Å². The van der Waals surface area contributed by atoms with Crippen molar-refractivity contribution in [2.75, 3.05) is 6.61 Å². The van der Waals surface area contributed by atoms with Crippen molar-refractivity contribution in [2.24, 2.45) is 0 Å². The van der Waals surface area contributed by atoms with Crippen LogP contribution in [0.15, 0.2) is 10.4 Å². The van der Waals surface area contributed by atoms with Gasteiger partial charge in [-0.1, -0.05) is 29.4 Å². The summed E-state index contributed by atoms with van der Waals surface area (Å²) < 4.78 is -0.279. The van der Waals surface area contributed by atoms with Gasteiger partial charge < -0.3 is 10.2 Å². The number of allylic oxidation sites excluding steroid dienone is 1. The summed E-state index contributed by atoms with van der Waals surface area (Å²) in [5.74, 6) is 0. The SMILES string of the molecule is OCC(O)C1(Cl)CC=C(Cl)S1. The van der Waals surface area contributed by atoms with Crippen LogP contribution in [0.4, 0.5) is 0 Å². The van der Waals surface area contributed by atoms with Crippen LogP contribution in [-0.4, -0.2) is 27.1 Å². The van der Waals surface area contributed by atoms with E-state index in [0.717, 1.165) is 0 Å². The fraction of sp³-hybridized carbons (Fsp3) is 0.667. The number of rotatable bonds is 2. The summed E-state index contributed by atoms with van der Waals surface area (Å²) in [5.41, 5.74) is 0. The lowest BCUT2D eigenvalue weighted by molar-refractivity contribution is 0.0848. The predicted molar refractivity (Wildman–Crippen MR) is 47.8 cm³/mol. The second-order valence-corrected chi connectivity index (χ2v) is 5.20. The normalized spacial score (nSPS) is 33.6. The molecule has 2 unspecified atom stereocenters. The molecule has 2 N–H and O–H groups in total. The van der Waals surface area contributed by atoms with Crippen molar-refractivity contribution >= 4 is 35.0 Å². The van der Waals surface area contributed by atoms with Gasteiger partial charge in [0.2, 0.25) is 0 Å². The lowest BCUT2D eigenvalue weighted by Gasteiger charge is -2.24. The van der Waals surface area contributed by atoms with E-state index in [1.54, 1.807) is 6.08 Å². The number of hydrogen-bond acceptors (Lipinski definition) is 3. The number of aliphatic hydroxyl groups excluding tert-OH is 2. The first-order valence-electron chi connectivity index (χ1n) is 3.11. The van der Waals surface area contributed by atoms with E-state index >= 15 is 0 Å². The molecule has 0 aromatic rings. The van der Waals surface area contributed by atoms with E-state index in [-0.39, 0.29) is 6.61 Å². The molecule has 0 aromatic heterocycles. The molecular formula is C6H8Cl2O2S. The standard InChI is InChI=1S/C6H8Cl2O2S/c7-5-1-2-6(8,11-5)4(10)3-9/h1,4,9-10H,2-3H2. The van der Waals surface area contributed by atoms with Gasteiger partial charge in [-0.3, -0.25) is 0 Å². The first-order chi connectivity index (χ1) is 5.08. The van der Waals surface area contributed by atoms with Crippen LogP contribution < -0.4 is 0 Å². The Balaban J connectivity index is 2.58. The van der Waals surface area contributed by atoms with E-state index in [1.165, 1.54) is 11.8 Å². The quantitative estimate of drug-likeness (QED) is 0.685. The van der Waals surface area contributed by atoms with Gasteiger partial charge in [0.1, 0.15) is 10.3 Å². The molecule has 1 aliphatic rings. The van der Waals surface area contributed by atoms with Crippen LogP contribution in [0.5, 0.6) is 0 Å². The molecule has 0 spiro atoms. The Bertz CT molecular complexity index is 185. The van der Waals surface area contributed by atoms with Gasteiger partial charge in [0.05, 0.1) is 11.0 Å². The van der Waals surface area contributed by atoms with Crippen molar-refractivity contribution in [2.45, 2.75) is 16.7 Å². The fourth-order valence-electron chi connectivity index (χ4n) is 0.805. The average Bonchev–Trinajstić information content (AvgIpc) is 2.31. The van der Waals surface area contributed by atoms with Crippen molar-refractivity contribution in [3.8, 4) is 0 Å². The van der Waals surface area contributed by atoms with Gasteiger partial charge in [-0.15, -0.1) is 11.6 Å². The lowest BCUT2D eigenvalue weighted by Crippen LogP contribution is -2.34. The molecule has 2 atom stereocenters. The maximum Gasteiger partial charge on any atom is 0.126 e. The summed E-state index contributed by atoms with van der Waals surface area (Å²) >= 11 is 12.8. The highest BCUT2D eigenvalue weighted by Gasteiger charge is 2.39. The minimum atomic E-state index is -0.929.